The van der Waals surface area contributed by atoms with Crippen LogP contribution in [0.2, 0.25) is 0 Å². The number of carbonyl (C=O) groups is 1. The fourth-order valence-corrected chi connectivity index (χ4v) is 0.319. The summed E-state index contributed by atoms with van der Waals surface area (Å²) in [4.78, 5) is 9.00. The Balaban J connectivity index is 0. The summed E-state index contributed by atoms with van der Waals surface area (Å²) in [7, 11) is 0. The van der Waals surface area contributed by atoms with Crippen molar-refractivity contribution < 1.29 is 20.1 Å². The predicted molar refractivity (Wildman–Crippen MR) is 49.1 cm³/mol. The molecule has 0 fully saturated rings. The molecule has 0 spiro atoms. The van der Waals surface area contributed by atoms with E-state index < -0.39 is 18.2 Å². The molecule has 4 heteroatoms. The van der Waals surface area contributed by atoms with E-state index in [1.54, 1.807) is 6.92 Å². The first-order chi connectivity index (χ1) is 5.90. The Labute approximate surface area is 78.2 Å². The van der Waals surface area contributed by atoms with Gasteiger partial charge in [-0.05, 0) is 13.3 Å². The standard InChI is InChI=1S/C7H12O2.C2H4O2/c1-3-7(9)5-4-6(2)8;1-2(3)4/h6-9H,3H2,1-2H3;1H3,(H,3,4). The molecule has 0 aliphatic heterocycles. The van der Waals surface area contributed by atoms with Crippen LogP contribution in [0.25, 0.3) is 0 Å². The molecule has 0 saturated carbocycles. The van der Waals surface area contributed by atoms with Gasteiger partial charge in [0.2, 0.25) is 0 Å². The zero-order valence-corrected chi connectivity index (χ0v) is 8.11. The van der Waals surface area contributed by atoms with E-state index in [0.29, 0.717) is 6.42 Å². The number of hydrogen-bond donors (Lipinski definition) is 3. The number of carboxylic acids is 1. The van der Waals surface area contributed by atoms with Crippen LogP contribution in [0.3, 0.4) is 0 Å². The van der Waals surface area contributed by atoms with Crippen molar-refractivity contribution in [1.82, 2.24) is 0 Å². The largest absolute Gasteiger partial charge is 0.481 e. The van der Waals surface area contributed by atoms with E-state index in [1.165, 1.54) is 0 Å². The van der Waals surface area contributed by atoms with Gasteiger partial charge in [-0.1, -0.05) is 18.8 Å². The highest BCUT2D eigenvalue weighted by atomic mass is 16.4. The lowest BCUT2D eigenvalue weighted by molar-refractivity contribution is -0.134. The average molecular weight is 188 g/mol. The van der Waals surface area contributed by atoms with Crippen LogP contribution < -0.4 is 0 Å². The average Bonchev–Trinajstić information content (AvgIpc) is 1.99. The van der Waals surface area contributed by atoms with E-state index in [0.717, 1.165) is 6.92 Å². The molecule has 2 atom stereocenters. The van der Waals surface area contributed by atoms with Crippen LogP contribution in [0.5, 0.6) is 0 Å². The fourth-order valence-electron chi connectivity index (χ4n) is 0.319. The second kappa shape index (κ2) is 9.04. The number of aliphatic carboxylic acids is 1. The Morgan fingerprint density at radius 2 is 1.77 bits per heavy atom. The van der Waals surface area contributed by atoms with Gasteiger partial charge in [-0.2, -0.15) is 0 Å². The van der Waals surface area contributed by atoms with Gasteiger partial charge < -0.3 is 15.3 Å². The second-order valence-electron chi connectivity index (χ2n) is 2.41. The minimum Gasteiger partial charge on any atom is -0.481 e. The Morgan fingerprint density at radius 3 is 2.00 bits per heavy atom. The predicted octanol–water partition coefficient (Wildman–Crippen LogP) is 0.232. The van der Waals surface area contributed by atoms with Crippen molar-refractivity contribution in [3.05, 3.63) is 0 Å². The summed E-state index contributed by atoms with van der Waals surface area (Å²) in [5.74, 6) is 4.11. The lowest BCUT2D eigenvalue weighted by Crippen LogP contribution is -2.02. The van der Waals surface area contributed by atoms with E-state index >= 15 is 0 Å². The summed E-state index contributed by atoms with van der Waals surface area (Å²) in [5, 5.41) is 24.9. The summed E-state index contributed by atoms with van der Waals surface area (Å²) in [5.41, 5.74) is 0. The maximum absolute atomic E-state index is 9.00. The lowest BCUT2D eigenvalue weighted by atomic mass is 10.3. The van der Waals surface area contributed by atoms with Gasteiger partial charge >= 0.3 is 0 Å². The first-order valence-electron chi connectivity index (χ1n) is 3.96. The molecular formula is C9H16O4. The quantitative estimate of drug-likeness (QED) is 0.515. The topological polar surface area (TPSA) is 77.8 Å². The van der Waals surface area contributed by atoms with Crippen LogP contribution in [0.1, 0.15) is 27.2 Å². The number of carboxylic acid groups (broad SMARTS) is 1. The normalized spacial score (nSPS) is 12.7. The van der Waals surface area contributed by atoms with Crippen LogP contribution >= 0.6 is 0 Å². The summed E-state index contributed by atoms with van der Waals surface area (Å²) in [6.45, 7) is 4.48. The number of hydrogen-bond acceptors (Lipinski definition) is 3. The molecule has 2 unspecified atom stereocenters. The van der Waals surface area contributed by atoms with E-state index in [9.17, 15) is 0 Å². The van der Waals surface area contributed by atoms with Crippen molar-refractivity contribution in [2.24, 2.45) is 0 Å². The number of aliphatic hydroxyl groups excluding tert-OH is 2. The minimum atomic E-state index is -0.833. The van der Waals surface area contributed by atoms with Gasteiger partial charge in [0.05, 0.1) is 0 Å². The first kappa shape index (κ1) is 14.5. The van der Waals surface area contributed by atoms with Gasteiger partial charge in [-0.25, -0.2) is 0 Å². The number of aliphatic hydroxyl groups is 2. The third-order valence-electron chi connectivity index (χ3n) is 0.846. The molecule has 0 heterocycles. The molecule has 0 aromatic heterocycles. The monoisotopic (exact) mass is 188 g/mol. The molecule has 13 heavy (non-hydrogen) atoms. The Hall–Kier alpha value is -1.05. The summed E-state index contributed by atoms with van der Waals surface area (Å²) in [6, 6.07) is 0. The SMILES string of the molecule is CC(=O)O.CCC(O)C#CC(C)O. The van der Waals surface area contributed by atoms with E-state index in [-0.39, 0.29) is 0 Å². The third-order valence-corrected chi connectivity index (χ3v) is 0.846. The van der Waals surface area contributed by atoms with Crippen molar-refractivity contribution in [2.45, 2.75) is 39.4 Å². The highest BCUT2D eigenvalue weighted by molar-refractivity contribution is 5.62. The van der Waals surface area contributed by atoms with Crippen LogP contribution in [0.4, 0.5) is 0 Å². The highest BCUT2D eigenvalue weighted by Crippen LogP contribution is 1.85. The van der Waals surface area contributed by atoms with Crippen LogP contribution in [0, 0.1) is 11.8 Å². The van der Waals surface area contributed by atoms with E-state index in [4.69, 9.17) is 20.1 Å². The fraction of sp³-hybridized carbons (Fsp3) is 0.667. The molecule has 4 nitrogen and oxygen atoms in total. The molecule has 0 aliphatic carbocycles. The van der Waals surface area contributed by atoms with E-state index in [1.807, 2.05) is 6.92 Å². The molecule has 0 saturated heterocycles. The van der Waals surface area contributed by atoms with Gasteiger partial charge in [0.25, 0.3) is 5.97 Å². The van der Waals surface area contributed by atoms with Crippen molar-refractivity contribution in [3.63, 3.8) is 0 Å². The van der Waals surface area contributed by atoms with E-state index in [2.05, 4.69) is 11.8 Å². The maximum atomic E-state index is 9.00. The molecule has 0 aromatic carbocycles. The minimum absolute atomic E-state index is 0.584. The molecule has 76 valence electrons. The molecular weight excluding hydrogens is 172 g/mol. The van der Waals surface area contributed by atoms with Gasteiger partial charge in [-0.3, -0.25) is 4.79 Å². The second-order valence-corrected chi connectivity index (χ2v) is 2.41. The maximum Gasteiger partial charge on any atom is 0.300 e. The zero-order valence-electron chi connectivity index (χ0n) is 8.11. The highest BCUT2D eigenvalue weighted by Gasteiger charge is 1.91. The zero-order chi connectivity index (χ0) is 10.9. The van der Waals surface area contributed by atoms with Crippen molar-refractivity contribution in [1.29, 1.82) is 0 Å². The first-order valence-corrected chi connectivity index (χ1v) is 3.96. The van der Waals surface area contributed by atoms with Crippen LogP contribution in [-0.2, 0) is 4.79 Å². The molecule has 0 radical (unpaired) electrons. The molecule has 0 bridgehead atoms. The Morgan fingerprint density at radius 1 is 1.38 bits per heavy atom. The molecule has 0 aromatic rings. The molecule has 3 N–H and O–H groups in total. The van der Waals surface area contributed by atoms with Gasteiger partial charge in [-0.15, -0.1) is 0 Å². The Bertz CT molecular complexity index is 184. The summed E-state index contributed by atoms with van der Waals surface area (Å²) >= 11 is 0. The van der Waals surface area contributed by atoms with Crippen LogP contribution in [-0.4, -0.2) is 33.5 Å². The molecule has 0 amide bonds. The molecule has 0 rings (SSSR count). The number of rotatable bonds is 1. The van der Waals surface area contributed by atoms with Crippen molar-refractivity contribution in [2.75, 3.05) is 0 Å². The summed E-state index contributed by atoms with van der Waals surface area (Å²) < 4.78 is 0. The third kappa shape index (κ3) is 24.8. The van der Waals surface area contributed by atoms with Crippen molar-refractivity contribution >= 4 is 5.97 Å². The van der Waals surface area contributed by atoms with Gasteiger partial charge in [0, 0.05) is 6.92 Å². The van der Waals surface area contributed by atoms with Crippen LogP contribution in [0.15, 0.2) is 0 Å². The molecule has 0 aliphatic rings. The van der Waals surface area contributed by atoms with Gasteiger partial charge in [0.1, 0.15) is 12.2 Å². The lowest BCUT2D eigenvalue weighted by Gasteiger charge is -1.94. The Kier molecular flexibility index (Phi) is 10.1. The van der Waals surface area contributed by atoms with Crippen molar-refractivity contribution in [3.8, 4) is 11.8 Å². The van der Waals surface area contributed by atoms with Gasteiger partial charge in [0.15, 0.2) is 0 Å². The summed E-state index contributed by atoms with van der Waals surface area (Å²) in [6.07, 6.45) is -0.606. The smallest absolute Gasteiger partial charge is 0.300 e.